The summed E-state index contributed by atoms with van der Waals surface area (Å²) in [6.07, 6.45) is 3.44. The monoisotopic (exact) mass is 364 g/mol. The summed E-state index contributed by atoms with van der Waals surface area (Å²) in [5, 5.41) is 29.5. The summed E-state index contributed by atoms with van der Waals surface area (Å²) in [4.78, 5) is 15.2. The van der Waals surface area contributed by atoms with Gasteiger partial charge in [0.25, 0.3) is 0 Å². The number of nitrogens with one attached hydrogen (secondary N) is 1. The number of aromatic nitrogens is 1. The quantitative estimate of drug-likeness (QED) is 0.602. The van der Waals surface area contributed by atoms with E-state index in [1.165, 1.54) is 17.4 Å². The average Bonchev–Trinajstić information content (AvgIpc) is 3.12. The van der Waals surface area contributed by atoms with Crippen molar-refractivity contribution >= 4 is 33.7 Å². The Balaban J connectivity index is 0.000000845. The standard InChI is InChI=1S/C14H14N2O2S.C3H6O.CH4O/c1-3-9(2)12-8-19-14(16-12)15-11-6-4-10(5-7-11)13(17)18;1-2-3-4;1-2/h3-8H,1-2H3,(H,15,16)(H,17,18);2,4H,1,3H2;2H,1H3/b9-3+;;. The van der Waals surface area contributed by atoms with Crippen molar-refractivity contribution in [2.75, 3.05) is 19.0 Å². The second-order valence-corrected chi connectivity index (χ2v) is 5.35. The fourth-order valence-electron chi connectivity index (χ4n) is 1.48. The van der Waals surface area contributed by atoms with Crippen LogP contribution in [-0.4, -0.2) is 40.0 Å². The van der Waals surface area contributed by atoms with Gasteiger partial charge >= 0.3 is 5.97 Å². The molecule has 0 fully saturated rings. The number of carbonyl (C=O) groups is 1. The summed E-state index contributed by atoms with van der Waals surface area (Å²) < 4.78 is 0. The Kier molecular flexibility index (Phi) is 11.6. The highest BCUT2D eigenvalue weighted by atomic mass is 32.1. The Morgan fingerprint density at radius 3 is 2.32 bits per heavy atom. The van der Waals surface area contributed by atoms with Crippen LogP contribution in [0.5, 0.6) is 0 Å². The van der Waals surface area contributed by atoms with Crippen LogP contribution in [0.25, 0.3) is 5.57 Å². The molecule has 136 valence electrons. The second-order valence-electron chi connectivity index (χ2n) is 4.49. The molecule has 6 nitrogen and oxygen atoms in total. The van der Waals surface area contributed by atoms with Crippen molar-refractivity contribution < 1.29 is 20.1 Å². The van der Waals surface area contributed by atoms with Crippen LogP contribution in [0.2, 0.25) is 0 Å². The lowest BCUT2D eigenvalue weighted by atomic mass is 10.2. The molecule has 4 N–H and O–H groups in total. The molecule has 25 heavy (non-hydrogen) atoms. The number of benzene rings is 1. The van der Waals surface area contributed by atoms with Crippen LogP contribution in [0, 0.1) is 0 Å². The number of carboxylic acid groups (broad SMARTS) is 1. The summed E-state index contributed by atoms with van der Waals surface area (Å²) >= 11 is 1.52. The van der Waals surface area contributed by atoms with E-state index in [1.54, 1.807) is 24.3 Å². The molecule has 0 amide bonds. The minimum atomic E-state index is -0.924. The summed E-state index contributed by atoms with van der Waals surface area (Å²) in [6.45, 7) is 7.31. The normalized spacial score (nSPS) is 9.88. The molecule has 1 heterocycles. The fourth-order valence-corrected chi connectivity index (χ4v) is 2.27. The molecule has 0 bridgehead atoms. The number of allylic oxidation sites excluding steroid dienone is 2. The smallest absolute Gasteiger partial charge is 0.335 e. The molecular weight excluding hydrogens is 340 g/mol. The summed E-state index contributed by atoms with van der Waals surface area (Å²) in [6, 6.07) is 6.59. The minimum absolute atomic E-state index is 0.0833. The Morgan fingerprint density at radius 2 is 1.88 bits per heavy atom. The molecule has 7 heteroatoms. The van der Waals surface area contributed by atoms with Crippen molar-refractivity contribution in [2.45, 2.75) is 13.8 Å². The summed E-state index contributed by atoms with van der Waals surface area (Å²) in [5.74, 6) is -0.924. The molecule has 2 aromatic rings. The van der Waals surface area contributed by atoms with Crippen LogP contribution < -0.4 is 5.32 Å². The summed E-state index contributed by atoms with van der Waals surface area (Å²) in [7, 11) is 1.00. The van der Waals surface area contributed by atoms with E-state index in [9.17, 15) is 4.79 Å². The van der Waals surface area contributed by atoms with Gasteiger partial charge in [-0.2, -0.15) is 0 Å². The molecule has 0 saturated heterocycles. The number of aromatic carboxylic acids is 1. The number of carboxylic acids is 1. The van der Waals surface area contributed by atoms with Crippen LogP contribution in [0.3, 0.4) is 0 Å². The number of aliphatic hydroxyl groups excluding tert-OH is 2. The molecule has 0 aliphatic carbocycles. The zero-order valence-corrected chi connectivity index (χ0v) is 15.4. The lowest BCUT2D eigenvalue weighted by Crippen LogP contribution is -1.96. The predicted molar refractivity (Wildman–Crippen MR) is 104 cm³/mol. The van der Waals surface area contributed by atoms with Crippen molar-refractivity contribution in [1.82, 2.24) is 4.98 Å². The molecule has 0 atom stereocenters. The minimum Gasteiger partial charge on any atom is -0.478 e. The molecule has 0 aliphatic rings. The average molecular weight is 364 g/mol. The molecule has 0 radical (unpaired) electrons. The molecular formula is C18H24N2O4S. The van der Waals surface area contributed by atoms with Crippen molar-refractivity contribution in [2.24, 2.45) is 0 Å². The molecule has 0 spiro atoms. The van der Waals surface area contributed by atoms with E-state index < -0.39 is 5.97 Å². The number of aliphatic hydroxyl groups is 2. The predicted octanol–water partition coefficient (Wildman–Crippen LogP) is 3.78. The van der Waals surface area contributed by atoms with E-state index in [-0.39, 0.29) is 12.2 Å². The molecule has 1 aromatic carbocycles. The molecule has 0 aliphatic heterocycles. The van der Waals surface area contributed by atoms with Crippen LogP contribution >= 0.6 is 11.3 Å². The molecule has 2 rings (SSSR count). The van der Waals surface area contributed by atoms with E-state index in [0.29, 0.717) is 0 Å². The van der Waals surface area contributed by atoms with Crippen molar-refractivity contribution in [3.05, 3.63) is 59.6 Å². The first-order valence-electron chi connectivity index (χ1n) is 7.37. The Morgan fingerprint density at radius 1 is 1.32 bits per heavy atom. The first-order valence-corrected chi connectivity index (χ1v) is 8.25. The Hall–Kier alpha value is -2.48. The fraction of sp³-hybridized carbons (Fsp3) is 0.222. The first-order chi connectivity index (χ1) is 12.0. The maximum atomic E-state index is 10.7. The van der Waals surface area contributed by atoms with Gasteiger partial charge < -0.3 is 20.6 Å². The zero-order valence-electron chi connectivity index (χ0n) is 14.6. The number of hydrogen-bond donors (Lipinski definition) is 4. The van der Waals surface area contributed by atoms with Gasteiger partial charge in [-0.3, -0.25) is 0 Å². The van der Waals surface area contributed by atoms with Gasteiger partial charge in [-0.25, -0.2) is 9.78 Å². The van der Waals surface area contributed by atoms with Crippen molar-refractivity contribution in [1.29, 1.82) is 0 Å². The third kappa shape index (κ3) is 8.25. The van der Waals surface area contributed by atoms with Gasteiger partial charge in [0.15, 0.2) is 5.13 Å². The van der Waals surface area contributed by atoms with Crippen LogP contribution in [0.1, 0.15) is 29.9 Å². The van der Waals surface area contributed by atoms with Gasteiger partial charge in [0.05, 0.1) is 17.9 Å². The summed E-state index contributed by atoms with van der Waals surface area (Å²) in [5.41, 5.74) is 3.18. The zero-order chi connectivity index (χ0) is 19.2. The first kappa shape index (κ1) is 22.5. The van der Waals surface area contributed by atoms with Crippen molar-refractivity contribution in [3.8, 4) is 0 Å². The second kappa shape index (κ2) is 12.9. The number of hydrogen-bond acceptors (Lipinski definition) is 6. The number of anilines is 2. The van der Waals surface area contributed by atoms with Gasteiger partial charge in [0.1, 0.15) is 0 Å². The van der Waals surface area contributed by atoms with Gasteiger partial charge in [-0.05, 0) is 43.7 Å². The van der Waals surface area contributed by atoms with Gasteiger partial charge in [0, 0.05) is 18.2 Å². The maximum Gasteiger partial charge on any atom is 0.335 e. The third-order valence-corrected chi connectivity index (χ3v) is 3.61. The van der Waals surface area contributed by atoms with E-state index in [1.807, 2.05) is 25.3 Å². The van der Waals surface area contributed by atoms with Crippen molar-refractivity contribution in [3.63, 3.8) is 0 Å². The Labute approximate surface area is 151 Å². The lowest BCUT2D eigenvalue weighted by Gasteiger charge is -2.02. The molecule has 0 unspecified atom stereocenters. The number of thiazole rings is 1. The molecule has 1 aromatic heterocycles. The largest absolute Gasteiger partial charge is 0.478 e. The maximum absolute atomic E-state index is 10.7. The number of nitrogens with zero attached hydrogens (tertiary/aromatic N) is 1. The highest BCUT2D eigenvalue weighted by Gasteiger charge is 2.05. The van der Waals surface area contributed by atoms with Crippen LogP contribution in [-0.2, 0) is 0 Å². The SMILES string of the molecule is C/C=C(\C)c1csc(Nc2ccc(C(=O)O)cc2)n1.C=CCO.CO. The highest BCUT2D eigenvalue weighted by molar-refractivity contribution is 7.13. The van der Waals surface area contributed by atoms with Crippen LogP contribution in [0.15, 0.2) is 48.4 Å². The third-order valence-electron chi connectivity index (χ3n) is 2.85. The molecule has 0 saturated carbocycles. The Bertz CT molecular complexity index is 679. The van der Waals surface area contributed by atoms with E-state index in [0.717, 1.165) is 29.2 Å². The van der Waals surface area contributed by atoms with Gasteiger partial charge in [-0.15, -0.1) is 17.9 Å². The highest BCUT2D eigenvalue weighted by Crippen LogP contribution is 2.24. The van der Waals surface area contributed by atoms with E-state index in [2.05, 4.69) is 16.9 Å². The number of rotatable bonds is 5. The van der Waals surface area contributed by atoms with E-state index in [4.69, 9.17) is 15.3 Å². The van der Waals surface area contributed by atoms with Gasteiger partial charge in [-0.1, -0.05) is 12.2 Å². The van der Waals surface area contributed by atoms with E-state index >= 15 is 0 Å². The van der Waals surface area contributed by atoms with Gasteiger partial charge in [0.2, 0.25) is 0 Å². The topological polar surface area (TPSA) is 103 Å². The lowest BCUT2D eigenvalue weighted by molar-refractivity contribution is 0.0697. The van der Waals surface area contributed by atoms with Crippen LogP contribution in [0.4, 0.5) is 10.8 Å².